The van der Waals surface area contributed by atoms with Crippen molar-refractivity contribution < 1.29 is 14.3 Å². The Labute approximate surface area is 156 Å². The summed E-state index contributed by atoms with van der Waals surface area (Å²) in [6.07, 6.45) is 7.93. The summed E-state index contributed by atoms with van der Waals surface area (Å²) in [6, 6.07) is 6.05. The summed E-state index contributed by atoms with van der Waals surface area (Å²) in [4.78, 5) is 15.0. The van der Waals surface area contributed by atoms with E-state index in [1.807, 2.05) is 0 Å². The number of ketones is 1. The first-order valence-corrected chi connectivity index (χ1v) is 9.96. The number of nitrogen functional groups attached to an aromatic ring is 1. The van der Waals surface area contributed by atoms with Crippen LogP contribution < -0.4 is 10.5 Å². The molecule has 2 N–H and O–H groups in total. The van der Waals surface area contributed by atoms with Crippen LogP contribution >= 0.6 is 0 Å². The second-order valence-electron chi connectivity index (χ2n) is 7.60. The van der Waals surface area contributed by atoms with Gasteiger partial charge in [-0.1, -0.05) is 6.42 Å². The number of carbonyl (C=O) groups excluding carboxylic acids is 1. The standard InChI is InChI=1S/C21H32N2O3/c1-25-21-15-17(7-10-19(21)22)20(24)4-2-3-16-5-8-18(9-6-16)23-11-13-26-14-12-23/h7,10,15-16,18H,2-6,8-9,11-14,22H2,1H3. The molecule has 0 radical (unpaired) electrons. The third-order valence-corrected chi connectivity index (χ3v) is 5.95. The number of ether oxygens (including phenoxy) is 2. The molecule has 0 amide bonds. The molecule has 2 fully saturated rings. The van der Waals surface area contributed by atoms with Crippen LogP contribution in [0.4, 0.5) is 5.69 Å². The molecule has 5 nitrogen and oxygen atoms in total. The van der Waals surface area contributed by atoms with Crippen LogP contribution in [0.5, 0.6) is 5.75 Å². The van der Waals surface area contributed by atoms with Gasteiger partial charge in [-0.25, -0.2) is 0 Å². The minimum absolute atomic E-state index is 0.185. The van der Waals surface area contributed by atoms with E-state index in [2.05, 4.69) is 4.90 Å². The van der Waals surface area contributed by atoms with Gasteiger partial charge >= 0.3 is 0 Å². The Morgan fingerprint density at radius 1 is 1.23 bits per heavy atom. The lowest BCUT2D eigenvalue weighted by molar-refractivity contribution is 0.00457. The van der Waals surface area contributed by atoms with Crippen molar-refractivity contribution in [2.45, 2.75) is 51.0 Å². The van der Waals surface area contributed by atoms with Crippen molar-refractivity contribution in [3.8, 4) is 5.75 Å². The van der Waals surface area contributed by atoms with Crippen LogP contribution in [0.1, 0.15) is 55.3 Å². The first kappa shape index (κ1) is 19.2. The molecule has 0 bridgehead atoms. The highest BCUT2D eigenvalue weighted by Gasteiger charge is 2.26. The van der Waals surface area contributed by atoms with Crippen LogP contribution in [-0.4, -0.2) is 50.1 Å². The van der Waals surface area contributed by atoms with E-state index in [9.17, 15) is 4.79 Å². The number of nitrogens with two attached hydrogens (primary N) is 1. The Kier molecular flexibility index (Phi) is 6.92. The number of benzene rings is 1. The van der Waals surface area contributed by atoms with E-state index >= 15 is 0 Å². The molecule has 5 heteroatoms. The Bertz CT molecular complexity index is 591. The lowest BCUT2D eigenvalue weighted by Crippen LogP contribution is -2.45. The number of anilines is 1. The van der Waals surface area contributed by atoms with Gasteiger partial charge in [-0.15, -0.1) is 0 Å². The van der Waals surface area contributed by atoms with Crippen molar-refractivity contribution in [1.29, 1.82) is 0 Å². The van der Waals surface area contributed by atoms with E-state index in [1.54, 1.807) is 25.3 Å². The second kappa shape index (κ2) is 9.38. The SMILES string of the molecule is COc1cc(C(=O)CCCC2CCC(N3CCOCC3)CC2)ccc1N. The van der Waals surface area contributed by atoms with Crippen molar-refractivity contribution in [3.05, 3.63) is 23.8 Å². The molecule has 1 aromatic rings. The van der Waals surface area contributed by atoms with E-state index in [-0.39, 0.29) is 5.78 Å². The smallest absolute Gasteiger partial charge is 0.163 e. The topological polar surface area (TPSA) is 64.8 Å². The molecular weight excluding hydrogens is 328 g/mol. The van der Waals surface area contributed by atoms with Crippen LogP contribution in [0, 0.1) is 5.92 Å². The van der Waals surface area contributed by atoms with Crippen LogP contribution in [0.3, 0.4) is 0 Å². The normalized spacial score (nSPS) is 24.3. The summed E-state index contributed by atoms with van der Waals surface area (Å²) in [5.41, 5.74) is 7.09. The van der Waals surface area contributed by atoms with Crippen molar-refractivity contribution >= 4 is 11.5 Å². The first-order chi connectivity index (χ1) is 12.7. The van der Waals surface area contributed by atoms with Gasteiger partial charge in [0.2, 0.25) is 0 Å². The molecule has 26 heavy (non-hydrogen) atoms. The van der Waals surface area contributed by atoms with E-state index < -0.39 is 0 Å². The monoisotopic (exact) mass is 360 g/mol. The highest BCUT2D eigenvalue weighted by atomic mass is 16.5. The number of Topliss-reactive ketones (excluding diaryl/α,β-unsaturated/α-hetero) is 1. The van der Waals surface area contributed by atoms with Crippen molar-refractivity contribution in [2.75, 3.05) is 39.1 Å². The summed E-state index contributed by atoms with van der Waals surface area (Å²) in [7, 11) is 1.58. The molecule has 1 aromatic carbocycles. The zero-order valence-electron chi connectivity index (χ0n) is 15.9. The average molecular weight is 360 g/mol. The molecule has 1 aliphatic carbocycles. The maximum atomic E-state index is 12.4. The molecule has 0 unspecified atom stereocenters. The fraction of sp³-hybridized carbons (Fsp3) is 0.667. The summed E-state index contributed by atoms with van der Waals surface area (Å²) in [6.45, 7) is 3.96. The number of hydrogen-bond donors (Lipinski definition) is 1. The summed E-state index contributed by atoms with van der Waals surface area (Å²) in [5, 5.41) is 0. The third-order valence-electron chi connectivity index (χ3n) is 5.95. The molecule has 0 spiro atoms. The Balaban J connectivity index is 1.38. The predicted molar refractivity (Wildman–Crippen MR) is 104 cm³/mol. The number of morpholine rings is 1. The van der Waals surface area contributed by atoms with E-state index in [4.69, 9.17) is 15.2 Å². The van der Waals surface area contributed by atoms with Gasteiger partial charge in [-0.05, 0) is 56.2 Å². The minimum Gasteiger partial charge on any atom is -0.495 e. The molecule has 2 aliphatic rings. The first-order valence-electron chi connectivity index (χ1n) is 9.96. The molecule has 1 saturated heterocycles. The van der Waals surface area contributed by atoms with Gasteiger partial charge in [0.05, 0.1) is 26.0 Å². The highest BCUT2D eigenvalue weighted by molar-refractivity contribution is 5.96. The van der Waals surface area contributed by atoms with E-state index in [1.165, 1.54) is 25.7 Å². The third kappa shape index (κ3) is 4.98. The van der Waals surface area contributed by atoms with Crippen molar-refractivity contribution in [3.63, 3.8) is 0 Å². The van der Waals surface area contributed by atoms with Gasteiger partial charge in [0.1, 0.15) is 5.75 Å². The maximum Gasteiger partial charge on any atom is 0.163 e. The number of nitrogens with zero attached hydrogens (tertiary/aromatic N) is 1. The molecule has 1 heterocycles. The molecule has 0 atom stereocenters. The molecular formula is C21H32N2O3. The lowest BCUT2D eigenvalue weighted by atomic mass is 9.82. The zero-order valence-corrected chi connectivity index (χ0v) is 15.9. The quantitative estimate of drug-likeness (QED) is 0.595. The summed E-state index contributed by atoms with van der Waals surface area (Å²) in [5.74, 6) is 1.55. The highest BCUT2D eigenvalue weighted by Crippen LogP contribution is 2.31. The minimum atomic E-state index is 0.185. The Morgan fingerprint density at radius 2 is 1.96 bits per heavy atom. The summed E-state index contributed by atoms with van der Waals surface area (Å²) >= 11 is 0. The average Bonchev–Trinajstić information content (AvgIpc) is 2.69. The van der Waals surface area contributed by atoms with Gasteiger partial charge in [-0.3, -0.25) is 9.69 Å². The van der Waals surface area contributed by atoms with Crippen molar-refractivity contribution in [2.24, 2.45) is 5.92 Å². The van der Waals surface area contributed by atoms with E-state index in [0.29, 0.717) is 23.4 Å². The van der Waals surface area contributed by atoms with E-state index in [0.717, 1.165) is 51.1 Å². The van der Waals surface area contributed by atoms with Crippen LogP contribution in [0.15, 0.2) is 18.2 Å². The lowest BCUT2D eigenvalue weighted by Gasteiger charge is -2.38. The number of rotatable bonds is 7. The number of methoxy groups -OCH3 is 1. The maximum absolute atomic E-state index is 12.4. The zero-order chi connectivity index (χ0) is 18.4. The molecule has 1 saturated carbocycles. The van der Waals surface area contributed by atoms with Gasteiger partial charge in [0, 0.05) is 31.1 Å². The fourth-order valence-corrected chi connectivity index (χ4v) is 4.32. The Morgan fingerprint density at radius 3 is 2.65 bits per heavy atom. The number of carbonyl (C=O) groups is 1. The fourth-order valence-electron chi connectivity index (χ4n) is 4.32. The molecule has 1 aliphatic heterocycles. The molecule has 3 rings (SSSR count). The number of hydrogen-bond acceptors (Lipinski definition) is 5. The molecule has 144 valence electrons. The van der Waals surface area contributed by atoms with Crippen LogP contribution in [-0.2, 0) is 4.74 Å². The van der Waals surface area contributed by atoms with Gasteiger partial charge < -0.3 is 15.2 Å². The van der Waals surface area contributed by atoms with Crippen LogP contribution in [0.25, 0.3) is 0 Å². The van der Waals surface area contributed by atoms with Gasteiger partial charge in [0.15, 0.2) is 5.78 Å². The predicted octanol–water partition coefficient (Wildman–Crippen LogP) is 3.52. The van der Waals surface area contributed by atoms with Crippen LogP contribution in [0.2, 0.25) is 0 Å². The second-order valence-corrected chi connectivity index (χ2v) is 7.60. The Hall–Kier alpha value is -1.59. The largest absolute Gasteiger partial charge is 0.495 e. The van der Waals surface area contributed by atoms with Gasteiger partial charge in [0.25, 0.3) is 0 Å². The van der Waals surface area contributed by atoms with Crippen molar-refractivity contribution in [1.82, 2.24) is 4.90 Å². The molecule has 0 aromatic heterocycles. The summed E-state index contributed by atoms with van der Waals surface area (Å²) < 4.78 is 10.7. The van der Waals surface area contributed by atoms with Gasteiger partial charge in [-0.2, -0.15) is 0 Å².